The lowest BCUT2D eigenvalue weighted by atomic mass is 9.76. The lowest BCUT2D eigenvalue weighted by Gasteiger charge is -2.34. The first-order valence-corrected chi connectivity index (χ1v) is 6.41. The summed E-state index contributed by atoms with van der Waals surface area (Å²) in [7, 11) is 0. The summed E-state index contributed by atoms with van der Waals surface area (Å²) < 4.78 is 18.8. The quantitative estimate of drug-likeness (QED) is 0.758. The van der Waals surface area contributed by atoms with Crippen molar-refractivity contribution in [2.45, 2.75) is 45.6 Å². The van der Waals surface area contributed by atoms with Gasteiger partial charge in [0.1, 0.15) is 11.6 Å². The molecule has 0 N–H and O–H groups in total. The van der Waals surface area contributed by atoms with Crippen molar-refractivity contribution in [1.82, 2.24) is 0 Å². The zero-order chi connectivity index (χ0) is 13.2. The Hall–Kier alpha value is -1.38. The molecule has 0 radical (unpaired) electrons. The molecule has 0 saturated heterocycles. The number of hydrogen-bond donors (Lipinski definition) is 0. The van der Waals surface area contributed by atoms with Gasteiger partial charge in [-0.05, 0) is 49.3 Å². The van der Waals surface area contributed by atoms with E-state index >= 15 is 0 Å². The second-order valence-corrected chi connectivity index (χ2v) is 5.78. The fourth-order valence-corrected chi connectivity index (χ4v) is 2.39. The molecule has 2 rings (SSSR count). The zero-order valence-corrected chi connectivity index (χ0v) is 10.9. The molecule has 0 atom stereocenters. The topological polar surface area (TPSA) is 26.3 Å². The van der Waals surface area contributed by atoms with Crippen molar-refractivity contribution in [3.8, 4) is 5.75 Å². The highest BCUT2D eigenvalue weighted by molar-refractivity contribution is 5.79. The maximum absolute atomic E-state index is 13.0. The number of rotatable bonds is 3. The summed E-state index contributed by atoms with van der Waals surface area (Å²) in [5, 5.41) is 0. The minimum absolute atomic E-state index is 0.141. The smallest absolute Gasteiger partial charge is 0.153 e. The van der Waals surface area contributed by atoms with Crippen LogP contribution < -0.4 is 4.74 Å². The van der Waals surface area contributed by atoms with Crippen molar-refractivity contribution in [3.05, 3.63) is 29.6 Å². The Labute approximate surface area is 107 Å². The number of carbonyl (C=O) groups is 1. The third-order valence-electron chi connectivity index (χ3n) is 3.68. The molecule has 2 nitrogen and oxygen atoms in total. The van der Waals surface area contributed by atoms with Crippen LogP contribution in [0.25, 0.3) is 0 Å². The summed E-state index contributed by atoms with van der Waals surface area (Å²) >= 11 is 0. The molecule has 0 heterocycles. The van der Waals surface area contributed by atoms with Gasteiger partial charge in [0.2, 0.25) is 0 Å². The van der Waals surface area contributed by atoms with Crippen LogP contribution in [0.15, 0.2) is 18.2 Å². The van der Waals surface area contributed by atoms with E-state index in [-0.39, 0.29) is 6.10 Å². The van der Waals surface area contributed by atoms with E-state index in [1.165, 1.54) is 12.1 Å². The average molecular weight is 250 g/mol. The van der Waals surface area contributed by atoms with Crippen LogP contribution in [0.1, 0.15) is 49.9 Å². The van der Waals surface area contributed by atoms with Gasteiger partial charge in [-0.15, -0.1) is 0 Å². The Morgan fingerprint density at radius 3 is 2.61 bits per heavy atom. The van der Waals surface area contributed by atoms with Gasteiger partial charge in [-0.2, -0.15) is 0 Å². The summed E-state index contributed by atoms with van der Waals surface area (Å²) in [6.45, 7) is 4.52. The van der Waals surface area contributed by atoms with E-state index in [1.807, 2.05) is 0 Å². The lowest BCUT2D eigenvalue weighted by molar-refractivity contribution is 0.0960. The molecule has 0 bridgehead atoms. The molecule has 0 amide bonds. The molecule has 1 aromatic carbocycles. The van der Waals surface area contributed by atoms with Gasteiger partial charge in [0, 0.05) is 0 Å². The van der Waals surface area contributed by atoms with Crippen molar-refractivity contribution in [2.75, 3.05) is 0 Å². The summed E-state index contributed by atoms with van der Waals surface area (Å²) in [5.41, 5.74) is 0.677. The highest BCUT2D eigenvalue weighted by Gasteiger charge is 2.28. The highest BCUT2D eigenvalue weighted by atomic mass is 19.1. The van der Waals surface area contributed by atoms with E-state index in [0.29, 0.717) is 23.0 Å². The molecule has 1 saturated carbocycles. The van der Waals surface area contributed by atoms with Crippen LogP contribution in [-0.2, 0) is 0 Å². The second-order valence-electron chi connectivity index (χ2n) is 5.78. The van der Waals surface area contributed by atoms with Crippen LogP contribution in [0.4, 0.5) is 4.39 Å². The Morgan fingerprint density at radius 1 is 1.33 bits per heavy atom. The third kappa shape index (κ3) is 3.09. The molecule has 1 aliphatic carbocycles. The molecular formula is C15H19FO2. The van der Waals surface area contributed by atoms with Crippen molar-refractivity contribution in [1.29, 1.82) is 0 Å². The highest BCUT2D eigenvalue weighted by Crippen LogP contribution is 2.36. The average Bonchev–Trinajstić information content (AvgIpc) is 2.34. The molecule has 1 aromatic rings. The van der Waals surface area contributed by atoms with E-state index in [9.17, 15) is 9.18 Å². The number of hydrogen-bond acceptors (Lipinski definition) is 2. The summed E-state index contributed by atoms with van der Waals surface area (Å²) in [4.78, 5) is 10.9. The maximum atomic E-state index is 13.0. The Bertz CT molecular complexity index is 430. The number of benzene rings is 1. The molecule has 0 spiro atoms. The Balaban J connectivity index is 2.04. The first-order chi connectivity index (χ1) is 8.50. The van der Waals surface area contributed by atoms with Crippen molar-refractivity contribution in [2.24, 2.45) is 5.41 Å². The molecule has 98 valence electrons. The van der Waals surface area contributed by atoms with Crippen molar-refractivity contribution >= 4 is 6.29 Å². The van der Waals surface area contributed by atoms with Crippen LogP contribution in [0.5, 0.6) is 5.75 Å². The monoisotopic (exact) mass is 250 g/mol. The Kier molecular flexibility index (Phi) is 3.69. The first-order valence-electron chi connectivity index (χ1n) is 6.41. The molecule has 1 aliphatic rings. The Morgan fingerprint density at radius 2 is 2.00 bits per heavy atom. The predicted octanol–water partition coefficient (Wildman–Crippen LogP) is 3.99. The maximum Gasteiger partial charge on any atom is 0.153 e. The molecule has 18 heavy (non-hydrogen) atoms. The second kappa shape index (κ2) is 5.09. The molecule has 1 fully saturated rings. The minimum Gasteiger partial charge on any atom is -0.490 e. The van der Waals surface area contributed by atoms with Crippen molar-refractivity contribution in [3.63, 3.8) is 0 Å². The molecule has 3 heteroatoms. The van der Waals surface area contributed by atoms with E-state index < -0.39 is 5.82 Å². The summed E-state index contributed by atoms with van der Waals surface area (Å²) in [5.74, 6) is 0.0883. The van der Waals surface area contributed by atoms with Gasteiger partial charge in [-0.3, -0.25) is 4.79 Å². The molecular weight excluding hydrogens is 231 g/mol. The molecule has 0 aromatic heterocycles. The van der Waals surface area contributed by atoms with Gasteiger partial charge >= 0.3 is 0 Å². The lowest BCUT2D eigenvalue weighted by Crippen LogP contribution is -2.28. The van der Waals surface area contributed by atoms with E-state index in [4.69, 9.17) is 4.74 Å². The first kappa shape index (κ1) is 13.1. The van der Waals surface area contributed by atoms with Crippen LogP contribution in [0.3, 0.4) is 0 Å². The van der Waals surface area contributed by atoms with E-state index in [0.717, 1.165) is 25.7 Å². The van der Waals surface area contributed by atoms with Gasteiger partial charge in [0.15, 0.2) is 6.29 Å². The van der Waals surface area contributed by atoms with Gasteiger partial charge in [-0.25, -0.2) is 4.39 Å². The number of ether oxygens (including phenoxy) is 1. The fraction of sp³-hybridized carbons (Fsp3) is 0.533. The number of carbonyl (C=O) groups excluding carboxylic acids is 1. The van der Waals surface area contributed by atoms with Crippen LogP contribution in [-0.4, -0.2) is 12.4 Å². The third-order valence-corrected chi connectivity index (χ3v) is 3.68. The van der Waals surface area contributed by atoms with Gasteiger partial charge in [0.05, 0.1) is 11.7 Å². The van der Waals surface area contributed by atoms with Crippen LogP contribution in [0.2, 0.25) is 0 Å². The van der Waals surface area contributed by atoms with Crippen LogP contribution in [0, 0.1) is 11.2 Å². The van der Waals surface area contributed by atoms with E-state index in [1.54, 1.807) is 6.07 Å². The molecule has 0 aliphatic heterocycles. The molecule has 0 unspecified atom stereocenters. The fourth-order valence-electron chi connectivity index (χ4n) is 2.39. The van der Waals surface area contributed by atoms with Gasteiger partial charge < -0.3 is 4.74 Å². The van der Waals surface area contributed by atoms with Crippen molar-refractivity contribution < 1.29 is 13.9 Å². The SMILES string of the molecule is CC1(C)CCC(Oc2ccc(F)cc2C=O)CC1. The van der Waals surface area contributed by atoms with E-state index in [2.05, 4.69) is 13.8 Å². The van der Waals surface area contributed by atoms with Crippen LogP contribution >= 0.6 is 0 Å². The normalized spacial score (nSPS) is 19.5. The summed E-state index contributed by atoms with van der Waals surface area (Å²) in [6.07, 6.45) is 5.00. The predicted molar refractivity (Wildman–Crippen MR) is 68.5 cm³/mol. The van der Waals surface area contributed by atoms with Gasteiger partial charge in [-0.1, -0.05) is 13.8 Å². The standard InChI is InChI=1S/C15H19FO2/c1-15(2)7-5-13(6-8-15)18-14-4-3-12(16)9-11(14)10-17/h3-4,9-10,13H,5-8H2,1-2H3. The van der Waals surface area contributed by atoms with Gasteiger partial charge in [0.25, 0.3) is 0 Å². The zero-order valence-electron chi connectivity index (χ0n) is 10.9. The largest absolute Gasteiger partial charge is 0.490 e. The number of aldehydes is 1. The summed E-state index contributed by atoms with van der Waals surface area (Å²) in [6, 6.07) is 4.09. The minimum atomic E-state index is -0.408. The number of halogens is 1.